The van der Waals surface area contributed by atoms with E-state index in [1.54, 1.807) is 13.3 Å². The van der Waals surface area contributed by atoms with E-state index in [4.69, 9.17) is 16.9 Å². The summed E-state index contributed by atoms with van der Waals surface area (Å²) in [4.78, 5) is 9.07. The van der Waals surface area contributed by atoms with E-state index in [0.717, 1.165) is 49.9 Å². The van der Waals surface area contributed by atoms with Crippen LogP contribution < -0.4 is 10.5 Å². The minimum Gasteiger partial charge on any atom is -0.497 e. The molecule has 4 nitrogen and oxygen atoms in total. The molecule has 0 atom stereocenters. The molecule has 2 aromatic carbocycles. The molecule has 27 heavy (non-hydrogen) atoms. The van der Waals surface area contributed by atoms with Crippen LogP contribution >= 0.6 is 0 Å². The fourth-order valence-electron chi connectivity index (χ4n) is 3.53. The summed E-state index contributed by atoms with van der Waals surface area (Å²) in [6.45, 7) is 4.08. The highest BCUT2D eigenvalue weighted by Crippen LogP contribution is 2.39. The number of methoxy groups -OCH3 is 1. The van der Waals surface area contributed by atoms with Gasteiger partial charge in [-0.2, -0.15) is 0 Å². The highest BCUT2D eigenvalue weighted by atomic mass is 16.5. The number of terminal acetylenes is 1. The molecule has 0 aliphatic carbocycles. The van der Waals surface area contributed by atoms with Crippen LogP contribution in [0.4, 0.5) is 5.82 Å². The number of nitrogens with two attached hydrogens (primary N) is 1. The Balaban J connectivity index is 2.22. The average Bonchev–Trinajstić information content (AvgIpc) is 2.67. The number of pyridine rings is 2. The second kappa shape index (κ2) is 6.30. The van der Waals surface area contributed by atoms with Gasteiger partial charge in [-0.3, -0.25) is 4.98 Å². The fraction of sp³-hybridized carbons (Fsp3) is 0.130. The lowest BCUT2D eigenvalue weighted by atomic mass is 9.91. The normalized spacial score (nSPS) is 10.9. The van der Waals surface area contributed by atoms with Crippen LogP contribution in [0, 0.1) is 26.2 Å². The van der Waals surface area contributed by atoms with Crippen LogP contribution in [-0.2, 0) is 0 Å². The van der Waals surface area contributed by atoms with Gasteiger partial charge in [-0.05, 0) is 48.7 Å². The predicted octanol–water partition coefficient (Wildman–Crippen LogP) is 4.64. The second-order valence-corrected chi connectivity index (χ2v) is 6.61. The SMILES string of the molecule is C#Cc1cnc2c(N)nc3cc(C)ccc3c2c1-c1ccc(OC)cc1C. The van der Waals surface area contributed by atoms with Crippen molar-refractivity contribution in [3.63, 3.8) is 0 Å². The summed E-state index contributed by atoms with van der Waals surface area (Å²) in [6.07, 6.45) is 7.52. The number of aryl methyl sites for hydroxylation is 2. The first-order chi connectivity index (χ1) is 13.0. The monoisotopic (exact) mass is 353 g/mol. The van der Waals surface area contributed by atoms with Crippen molar-refractivity contribution in [1.29, 1.82) is 0 Å². The van der Waals surface area contributed by atoms with Gasteiger partial charge in [0.2, 0.25) is 0 Å². The van der Waals surface area contributed by atoms with Gasteiger partial charge in [0.15, 0.2) is 5.82 Å². The molecule has 2 aromatic heterocycles. The van der Waals surface area contributed by atoms with Gasteiger partial charge in [0.1, 0.15) is 11.3 Å². The molecule has 2 N–H and O–H groups in total. The zero-order valence-corrected chi connectivity index (χ0v) is 15.5. The van der Waals surface area contributed by atoms with E-state index in [1.807, 2.05) is 38.1 Å². The fourth-order valence-corrected chi connectivity index (χ4v) is 3.53. The van der Waals surface area contributed by atoms with Crippen LogP contribution in [0.1, 0.15) is 16.7 Å². The first-order valence-electron chi connectivity index (χ1n) is 8.63. The van der Waals surface area contributed by atoms with Crippen molar-refractivity contribution < 1.29 is 4.74 Å². The topological polar surface area (TPSA) is 61.0 Å². The number of nitrogen functional groups attached to an aromatic ring is 1. The molecule has 4 heteroatoms. The van der Waals surface area contributed by atoms with Crippen molar-refractivity contribution in [2.45, 2.75) is 13.8 Å². The Morgan fingerprint density at radius 1 is 1.11 bits per heavy atom. The largest absolute Gasteiger partial charge is 0.497 e. The van der Waals surface area contributed by atoms with E-state index >= 15 is 0 Å². The lowest BCUT2D eigenvalue weighted by Gasteiger charge is -2.16. The summed E-state index contributed by atoms with van der Waals surface area (Å²) in [5.41, 5.74) is 12.6. The minimum atomic E-state index is 0.402. The maximum atomic E-state index is 6.25. The van der Waals surface area contributed by atoms with Gasteiger partial charge in [-0.15, -0.1) is 6.42 Å². The molecule has 0 radical (unpaired) electrons. The quantitative estimate of drug-likeness (QED) is 0.421. The second-order valence-electron chi connectivity index (χ2n) is 6.61. The molecule has 0 fully saturated rings. The molecule has 0 spiro atoms. The number of benzene rings is 2. The Bertz CT molecular complexity index is 1250. The minimum absolute atomic E-state index is 0.402. The Morgan fingerprint density at radius 2 is 1.93 bits per heavy atom. The molecular formula is C23H19N3O. The third-order valence-electron chi connectivity index (χ3n) is 4.84. The van der Waals surface area contributed by atoms with Crippen molar-refractivity contribution in [1.82, 2.24) is 9.97 Å². The summed E-state index contributed by atoms with van der Waals surface area (Å²) < 4.78 is 5.35. The summed E-state index contributed by atoms with van der Waals surface area (Å²) in [5, 5.41) is 1.92. The van der Waals surface area contributed by atoms with Gasteiger partial charge in [0, 0.05) is 22.5 Å². The molecular weight excluding hydrogens is 334 g/mol. The Morgan fingerprint density at radius 3 is 2.63 bits per heavy atom. The van der Waals surface area contributed by atoms with E-state index < -0.39 is 0 Å². The van der Waals surface area contributed by atoms with Crippen LogP contribution in [0.3, 0.4) is 0 Å². The number of ether oxygens (including phenoxy) is 1. The van der Waals surface area contributed by atoms with Crippen LogP contribution in [0.15, 0.2) is 42.6 Å². The molecule has 0 saturated carbocycles. The van der Waals surface area contributed by atoms with Gasteiger partial charge in [0.05, 0.1) is 18.2 Å². The highest BCUT2D eigenvalue weighted by Gasteiger charge is 2.18. The number of rotatable bonds is 2. The Hall–Kier alpha value is -3.58. The number of aromatic nitrogens is 2. The maximum absolute atomic E-state index is 6.25. The van der Waals surface area contributed by atoms with Gasteiger partial charge in [-0.1, -0.05) is 24.1 Å². The van der Waals surface area contributed by atoms with Gasteiger partial charge in [0.25, 0.3) is 0 Å². The number of hydrogen-bond acceptors (Lipinski definition) is 4. The van der Waals surface area contributed by atoms with Crippen LogP contribution in [0.5, 0.6) is 5.75 Å². The van der Waals surface area contributed by atoms with Crippen molar-refractivity contribution in [2.24, 2.45) is 0 Å². The van der Waals surface area contributed by atoms with E-state index in [9.17, 15) is 0 Å². The van der Waals surface area contributed by atoms with Gasteiger partial charge in [-0.25, -0.2) is 4.98 Å². The van der Waals surface area contributed by atoms with Gasteiger partial charge < -0.3 is 10.5 Å². The Kier molecular flexibility index (Phi) is 3.93. The molecule has 0 aliphatic heterocycles. The third-order valence-corrected chi connectivity index (χ3v) is 4.84. The lowest BCUT2D eigenvalue weighted by molar-refractivity contribution is 0.414. The number of hydrogen-bond donors (Lipinski definition) is 1. The van der Waals surface area contributed by atoms with E-state index in [0.29, 0.717) is 11.3 Å². The number of nitrogens with zero attached hydrogens (tertiary/aromatic N) is 2. The van der Waals surface area contributed by atoms with E-state index in [2.05, 4.69) is 28.0 Å². The molecule has 132 valence electrons. The molecule has 0 aliphatic rings. The van der Waals surface area contributed by atoms with Crippen molar-refractivity contribution >= 4 is 27.6 Å². The molecule has 4 rings (SSSR count). The van der Waals surface area contributed by atoms with Gasteiger partial charge >= 0.3 is 0 Å². The first kappa shape index (κ1) is 16.9. The smallest absolute Gasteiger partial charge is 0.150 e. The molecule has 4 aromatic rings. The Labute approximate surface area is 158 Å². The number of fused-ring (bicyclic) bond motifs is 3. The van der Waals surface area contributed by atoms with Crippen LogP contribution in [-0.4, -0.2) is 17.1 Å². The van der Waals surface area contributed by atoms with Crippen LogP contribution in [0.2, 0.25) is 0 Å². The first-order valence-corrected chi connectivity index (χ1v) is 8.63. The summed E-state index contributed by atoms with van der Waals surface area (Å²) >= 11 is 0. The van der Waals surface area contributed by atoms with Crippen LogP contribution in [0.25, 0.3) is 32.9 Å². The molecule has 0 bridgehead atoms. The molecule has 2 heterocycles. The van der Waals surface area contributed by atoms with Crippen molar-refractivity contribution in [3.8, 4) is 29.2 Å². The zero-order valence-electron chi connectivity index (χ0n) is 15.5. The molecule has 0 unspecified atom stereocenters. The number of anilines is 1. The van der Waals surface area contributed by atoms with Crippen molar-refractivity contribution in [3.05, 3.63) is 59.3 Å². The predicted molar refractivity (Wildman–Crippen MR) is 111 cm³/mol. The standard InChI is InChI=1S/C23H19N3O/c1-5-15-12-25-22-21(18-8-6-13(2)10-19(18)26-23(22)24)20(15)17-9-7-16(27-4)11-14(17)3/h1,6-12H,2-4H3,(H2,24,26). The molecule has 0 saturated heterocycles. The third kappa shape index (κ3) is 2.65. The van der Waals surface area contributed by atoms with E-state index in [1.165, 1.54) is 0 Å². The van der Waals surface area contributed by atoms with E-state index in [-0.39, 0.29) is 0 Å². The summed E-state index contributed by atoms with van der Waals surface area (Å²) in [7, 11) is 1.66. The average molecular weight is 353 g/mol. The summed E-state index contributed by atoms with van der Waals surface area (Å²) in [5.74, 6) is 3.99. The zero-order chi connectivity index (χ0) is 19.1. The lowest BCUT2D eigenvalue weighted by Crippen LogP contribution is -2.00. The maximum Gasteiger partial charge on any atom is 0.150 e. The highest BCUT2D eigenvalue weighted by molar-refractivity contribution is 6.16. The molecule has 0 amide bonds. The summed E-state index contributed by atoms with van der Waals surface area (Å²) in [6, 6.07) is 12.1. The van der Waals surface area contributed by atoms with Crippen molar-refractivity contribution in [2.75, 3.05) is 12.8 Å².